The molecule has 0 saturated carbocycles. The van der Waals surface area contributed by atoms with Crippen LogP contribution in [-0.4, -0.2) is 32.2 Å². The molecule has 0 aromatic rings. The van der Waals surface area contributed by atoms with Crippen LogP contribution in [-0.2, 0) is 9.84 Å². The number of nitrogens with zero attached hydrogens (tertiary/aromatic N) is 1. The quantitative estimate of drug-likeness (QED) is 0.479. The molecule has 0 amide bonds. The Kier molecular flexibility index (Phi) is 1.57. The third-order valence-electron chi connectivity index (χ3n) is 1.18. The molecular formula is C5H9NO2S. The van der Waals surface area contributed by atoms with Crippen LogP contribution >= 0.6 is 0 Å². The highest BCUT2D eigenvalue weighted by atomic mass is 32.2. The Morgan fingerprint density at radius 3 is 2.67 bits per heavy atom. The molecule has 1 aliphatic heterocycles. The number of hydrogen-bond acceptors (Lipinski definition) is 3. The van der Waals surface area contributed by atoms with Gasteiger partial charge >= 0.3 is 0 Å². The average molecular weight is 147 g/mol. The van der Waals surface area contributed by atoms with Crippen LogP contribution in [0.4, 0.5) is 0 Å². The Morgan fingerprint density at radius 2 is 2.33 bits per heavy atom. The summed E-state index contributed by atoms with van der Waals surface area (Å²) in [5, 5.41) is 0. The van der Waals surface area contributed by atoms with E-state index in [1.54, 1.807) is 6.92 Å². The Morgan fingerprint density at radius 1 is 1.67 bits per heavy atom. The predicted molar refractivity (Wildman–Crippen MR) is 36.6 cm³/mol. The van der Waals surface area contributed by atoms with Crippen molar-refractivity contribution in [1.29, 1.82) is 0 Å². The van der Waals surface area contributed by atoms with E-state index < -0.39 is 9.84 Å². The molecule has 1 heterocycles. The summed E-state index contributed by atoms with van der Waals surface area (Å²) in [7, 11) is -2.78. The van der Waals surface area contributed by atoms with Gasteiger partial charge in [0.2, 0.25) is 0 Å². The molecule has 0 aromatic carbocycles. The summed E-state index contributed by atoms with van der Waals surface area (Å²) in [5.41, 5.74) is 0. The summed E-state index contributed by atoms with van der Waals surface area (Å²) in [6.45, 7) is 1.80. The molecule has 1 aliphatic rings. The van der Waals surface area contributed by atoms with Crippen LogP contribution in [0.3, 0.4) is 0 Å². The van der Waals surface area contributed by atoms with Crippen LogP contribution in [0, 0.1) is 0 Å². The number of sulfone groups is 1. The van der Waals surface area contributed by atoms with Crippen LogP contribution in [0.2, 0.25) is 0 Å². The first kappa shape index (κ1) is 6.74. The predicted octanol–water partition coefficient (Wildman–Crippen LogP) is -0.126. The molecule has 3 nitrogen and oxygen atoms in total. The lowest BCUT2D eigenvalue weighted by molar-refractivity contribution is 0.592. The molecule has 0 bridgehead atoms. The second-order valence-corrected chi connectivity index (χ2v) is 4.41. The van der Waals surface area contributed by atoms with Crippen LogP contribution in [0.15, 0.2) is 4.99 Å². The topological polar surface area (TPSA) is 46.5 Å². The molecule has 1 atom stereocenters. The summed E-state index contributed by atoms with van der Waals surface area (Å²) >= 11 is 0. The van der Waals surface area contributed by atoms with Crippen molar-refractivity contribution in [3.63, 3.8) is 0 Å². The fraction of sp³-hybridized carbons (Fsp3) is 0.800. The number of hydrogen-bond donors (Lipinski definition) is 0. The second-order valence-electron chi connectivity index (χ2n) is 2.26. The van der Waals surface area contributed by atoms with E-state index in [2.05, 4.69) is 4.99 Å². The third-order valence-corrected chi connectivity index (χ3v) is 2.83. The highest BCUT2D eigenvalue weighted by Gasteiger charge is 2.17. The Balaban J connectivity index is 2.81. The van der Waals surface area contributed by atoms with Crippen molar-refractivity contribution in [3.05, 3.63) is 0 Å². The van der Waals surface area contributed by atoms with Crippen molar-refractivity contribution >= 4 is 16.1 Å². The highest BCUT2D eigenvalue weighted by Crippen LogP contribution is 2.01. The average Bonchev–Trinajstić information content (AvgIpc) is 1.60. The summed E-state index contributed by atoms with van der Waals surface area (Å²) in [4.78, 5) is 3.92. The van der Waals surface area contributed by atoms with Gasteiger partial charge in [-0.25, -0.2) is 8.42 Å². The van der Waals surface area contributed by atoms with Gasteiger partial charge < -0.3 is 0 Å². The van der Waals surface area contributed by atoms with E-state index in [0.717, 1.165) is 0 Å². The first-order valence-electron chi connectivity index (χ1n) is 2.82. The van der Waals surface area contributed by atoms with Gasteiger partial charge in [-0.2, -0.15) is 0 Å². The smallest absolute Gasteiger partial charge is 0.157 e. The van der Waals surface area contributed by atoms with E-state index in [9.17, 15) is 8.42 Å². The zero-order chi connectivity index (χ0) is 6.91. The van der Waals surface area contributed by atoms with Crippen molar-refractivity contribution in [1.82, 2.24) is 0 Å². The lowest BCUT2D eigenvalue weighted by atomic mass is 10.4. The maximum absolute atomic E-state index is 10.8. The molecule has 9 heavy (non-hydrogen) atoms. The fourth-order valence-electron chi connectivity index (χ4n) is 0.815. The molecular weight excluding hydrogens is 138 g/mol. The van der Waals surface area contributed by atoms with E-state index in [1.807, 2.05) is 0 Å². The van der Waals surface area contributed by atoms with Gasteiger partial charge in [0.1, 0.15) is 0 Å². The fourth-order valence-corrected chi connectivity index (χ4v) is 2.09. The molecule has 4 heteroatoms. The molecule has 1 unspecified atom stereocenters. The number of aliphatic imine (C=N–C) groups is 1. The largest absolute Gasteiger partial charge is 0.292 e. The van der Waals surface area contributed by atoms with Gasteiger partial charge in [0.25, 0.3) is 0 Å². The first-order valence-corrected chi connectivity index (χ1v) is 4.64. The van der Waals surface area contributed by atoms with Crippen LogP contribution in [0.25, 0.3) is 0 Å². The third kappa shape index (κ3) is 1.78. The van der Waals surface area contributed by atoms with Gasteiger partial charge in [-0.3, -0.25) is 4.99 Å². The summed E-state index contributed by atoms with van der Waals surface area (Å²) in [6, 6.07) is -0.0382. The first-order chi connectivity index (χ1) is 4.10. The van der Waals surface area contributed by atoms with Gasteiger partial charge in [0.05, 0.1) is 17.5 Å². The molecule has 0 aliphatic carbocycles. The molecule has 1 rings (SSSR count). The van der Waals surface area contributed by atoms with E-state index in [4.69, 9.17) is 0 Å². The second kappa shape index (κ2) is 2.10. The van der Waals surface area contributed by atoms with Crippen LogP contribution in [0.5, 0.6) is 0 Å². The van der Waals surface area contributed by atoms with E-state index in [-0.39, 0.29) is 17.5 Å². The van der Waals surface area contributed by atoms with Gasteiger partial charge in [0.15, 0.2) is 9.84 Å². The highest BCUT2D eigenvalue weighted by molar-refractivity contribution is 7.92. The monoisotopic (exact) mass is 147 g/mol. The molecule has 52 valence electrons. The normalized spacial score (nSPS) is 32.3. The molecule has 0 saturated heterocycles. The van der Waals surface area contributed by atoms with E-state index in [0.29, 0.717) is 0 Å². The standard InChI is InChI=1S/C5H9NO2S/c1-5-4-9(7,8)3-2-6-5/h2,5H,3-4H2,1H3. The van der Waals surface area contributed by atoms with Gasteiger partial charge in [0, 0.05) is 6.21 Å². The maximum Gasteiger partial charge on any atom is 0.157 e. The minimum Gasteiger partial charge on any atom is -0.292 e. The molecule has 0 fully saturated rings. The van der Waals surface area contributed by atoms with E-state index >= 15 is 0 Å². The molecule has 0 radical (unpaired) electrons. The zero-order valence-electron chi connectivity index (χ0n) is 5.24. The minimum absolute atomic E-state index is 0.0382. The van der Waals surface area contributed by atoms with Gasteiger partial charge in [-0.05, 0) is 6.92 Å². The van der Waals surface area contributed by atoms with Gasteiger partial charge in [-0.1, -0.05) is 0 Å². The SMILES string of the molecule is CC1CS(=O)(=O)CC=N1. The maximum atomic E-state index is 10.8. The van der Waals surface area contributed by atoms with Crippen molar-refractivity contribution in [2.24, 2.45) is 4.99 Å². The molecule has 0 N–H and O–H groups in total. The lowest BCUT2D eigenvalue weighted by Crippen LogP contribution is -2.24. The van der Waals surface area contributed by atoms with Crippen LogP contribution < -0.4 is 0 Å². The Labute approximate surface area is 54.7 Å². The lowest BCUT2D eigenvalue weighted by Gasteiger charge is -2.09. The van der Waals surface area contributed by atoms with Crippen molar-refractivity contribution in [2.75, 3.05) is 11.5 Å². The van der Waals surface area contributed by atoms with Gasteiger partial charge in [-0.15, -0.1) is 0 Å². The summed E-state index contributed by atoms with van der Waals surface area (Å²) in [5.74, 6) is 0.334. The molecule has 0 spiro atoms. The van der Waals surface area contributed by atoms with Crippen LogP contribution in [0.1, 0.15) is 6.92 Å². The van der Waals surface area contributed by atoms with Crippen molar-refractivity contribution in [3.8, 4) is 0 Å². The summed E-state index contributed by atoms with van der Waals surface area (Å²) < 4.78 is 21.5. The van der Waals surface area contributed by atoms with E-state index in [1.165, 1.54) is 6.21 Å². The minimum atomic E-state index is -2.78. The Hall–Kier alpha value is -0.380. The van der Waals surface area contributed by atoms with Crippen molar-refractivity contribution < 1.29 is 8.42 Å². The summed E-state index contributed by atoms with van der Waals surface area (Å²) in [6.07, 6.45) is 1.48. The molecule has 0 aromatic heterocycles. The zero-order valence-corrected chi connectivity index (χ0v) is 6.06. The van der Waals surface area contributed by atoms with Crippen molar-refractivity contribution in [2.45, 2.75) is 13.0 Å². The Bertz CT molecular complexity index is 217. The number of rotatable bonds is 0.